The standard InChI is InChI=1S/C22H19N7O2S/c1-13-8-14(27-21-20-17(24-11-25-21)10-23-22(28-20)32(3)30)4-7-19(13)31-15-5-6-18-16(9-15)26-12-29(18)2/h4-12H,1-3H3,(H,24,25,27)/i10D,11D. The summed E-state index contributed by atoms with van der Waals surface area (Å²) >= 11 is 0. The molecule has 5 rings (SSSR count). The number of hydrogen-bond acceptors (Lipinski definition) is 8. The van der Waals surface area contributed by atoms with Gasteiger partial charge in [-0.05, 0) is 42.8 Å². The van der Waals surface area contributed by atoms with Crippen molar-refractivity contribution in [3.8, 4) is 11.5 Å². The van der Waals surface area contributed by atoms with E-state index in [1.54, 1.807) is 12.4 Å². The summed E-state index contributed by atoms with van der Waals surface area (Å²) in [7, 11) is 0.456. The molecule has 0 amide bonds. The lowest BCUT2D eigenvalue weighted by Gasteiger charge is -2.12. The average molecular weight is 448 g/mol. The highest BCUT2D eigenvalue weighted by Gasteiger charge is 2.11. The van der Waals surface area contributed by atoms with Gasteiger partial charge < -0.3 is 14.6 Å². The fourth-order valence-corrected chi connectivity index (χ4v) is 3.64. The van der Waals surface area contributed by atoms with Gasteiger partial charge in [0.25, 0.3) is 0 Å². The van der Waals surface area contributed by atoms with Gasteiger partial charge >= 0.3 is 0 Å². The molecule has 3 heterocycles. The molecule has 9 nitrogen and oxygen atoms in total. The zero-order valence-electron chi connectivity index (χ0n) is 19.4. The van der Waals surface area contributed by atoms with E-state index in [2.05, 4.69) is 30.2 Å². The van der Waals surface area contributed by atoms with Crippen molar-refractivity contribution in [3.63, 3.8) is 0 Å². The van der Waals surface area contributed by atoms with Crippen molar-refractivity contribution in [3.05, 3.63) is 60.8 Å². The number of fused-ring (bicyclic) bond motifs is 2. The summed E-state index contributed by atoms with van der Waals surface area (Å²) in [5, 5.41) is 3.13. The number of nitrogens with one attached hydrogen (secondary N) is 1. The Kier molecular flexibility index (Phi) is 4.41. The molecule has 160 valence electrons. The zero-order chi connectivity index (χ0) is 24.0. The second-order valence-electron chi connectivity index (χ2n) is 7.15. The van der Waals surface area contributed by atoms with E-state index < -0.39 is 10.8 Å². The van der Waals surface area contributed by atoms with Crippen LogP contribution >= 0.6 is 0 Å². The van der Waals surface area contributed by atoms with Crippen LogP contribution in [0.25, 0.3) is 22.1 Å². The van der Waals surface area contributed by atoms with Gasteiger partial charge in [-0.3, -0.25) is 4.21 Å². The first-order chi connectivity index (χ1) is 16.3. The maximum atomic E-state index is 11.9. The number of benzene rings is 2. The van der Waals surface area contributed by atoms with E-state index >= 15 is 0 Å². The van der Waals surface area contributed by atoms with Gasteiger partial charge in [0.2, 0.25) is 5.16 Å². The topological polar surface area (TPSA) is 108 Å². The summed E-state index contributed by atoms with van der Waals surface area (Å²) in [6.07, 6.45) is 2.70. The molecular weight excluding hydrogens is 426 g/mol. The van der Waals surface area contributed by atoms with Crippen molar-refractivity contribution in [1.82, 2.24) is 29.5 Å². The van der Waals surface area contributed by atoms with Crippen molar-refractivity contribution < 1.29 is 11.7 Å². The molecule has 1 unspecified atom stereocenters. The first-order valence-electron chi connectivity index (χ1n) is 10.6. The van der Waals surface area contributed by atoms with Crippen LogP contribution in [0.1, 0.15) is 8.30 Å². The molecule has 1 atom stereocenters. The third kappa shape index (κ3) is 3.76. The Morgan fingerprint density at radius 1 is 1.09 bits per heavy atom. The number of imidazole rings is 1. The molecule has 0 aliphatic heterocycles. The molecular formula is C22H19N7O2S. The highest BCUT2D eigenvalue weighted by atomic mass is 32.2. The first kappa shape index (κ1) is 17.7. The number of aromatic nitrogens is 6. The Hall–Kier alpha value is -3.92. The number of hydrogen-bond donors (Lipinski definition) is 1. The first-order valence-corrected chi connectivity index (χ1v) is 11.2. The molecule has 32 heavy (non-hydrogen) atoms. The Labute approximate surface area is 188 Å². The van der Waals surface area contributed by atoms with Crippen molar-refractivity contribution in [1.29, 1.82) is 0 Å². The fraction of sp³-hybridized carbons (Fsp3) is 0.136. The molecule has 3 aromatic heterocycles. The van der Waals surface area contributed by atoms with Gasteiger partial charge in [0, 0.05) is 25.1 Å². The summed E-state index contributed by atoms with van der Waals surface area (Å²) in [6.45, 7) is 1.91. The van der Waals surface area contributed by atoms with E-state index in [9.17, 15) is 4.21 Å². The second kappa shape index (κ2) is 7.97. The fourth-order valence-electron chi connectivity index (χ4n) is 3.25. The normalized spacial score (nSPS) is 13.1. The van der Waals surface area contributed by atoms with E-state index in [1.165, 1.54) is 6.26 Å². The Morgan fingerprint density at radius 2 is 1.97 bits per heavy atom. The number of aryl methyl sites for hydroxylation is 2. The number of anilines is 2. The van der Waals surface area contributed by atoms with Gasteiger partial charge in [-0.25, -0.2) is 24.9 Å². The average Bonchev–Trinajstić information content (AvgIpc) is 3.16. The largest absolute Gasteiger partial charge is 0.457 e. The monoisotopic (exact) mass is 447 g/mol. The molecule has 0 spiro atoms. The van der Waals surface area contributed by atoms with Crippen LogP contribution in [0.3, 0.4) is 0 Å². The maximum absolute atomic E-state index is 11.9. The Bertz CT molecular complexity index is 1610. The van der Waals surface area contributed by atoms with E-state index in [-0.39, 0.29) is 34.5 Å². The maximum Gasteiger partial charge on any atom is 0.218 e. The minimum absolute atomic E-state index is 0.00619. The van der Waals surface area contributed by atoms with Crippen LogP contribution in [-0.4, -0.2) is 40.0 Å². The summed E-state index contributed by atoms with van der Waals surface area (Å²) in [4.78, 5) is 20.6. The van der Waals surface area contributed by atoms with Gasteiger partial charge in [0.05, 0.1) is 35.7 Å². The lowest BCUT2D eigenvalue weighted by atomic mass is 10.2. The van der Waals surface area contributed by atoms with Crippen molar-refractivity contribution in [2.45, 2.75) is 12.1 Å². The Morgan fingerprint density at radius 3 is 2.78 bits per heavy atom. The van der Waals surface area contributed by atoms with E-state index in [0.29, 0.717) is 17.2 Å². The minimum Gasteiger partial charge on any atom is -0.457 e. The van der Waals surface area contributed by atoms with Crippen LogP contribution in [0.15, 0.2) is 60.4 Å². The van der Waals surface area contributed by atoms with Crippen molar-refractivity contribution >= 4 is 44.4 Å². The van der Waals surface area contributed by atoms with Crippen molar-refractivity contribution in [2.75, 3.05) is 11.6 Å². The molecule has 0 aliphatic carbocycles. The van der Waals surface area contributed by atoms with E-state index in [4.69, 9.17) is 7.48 Å². The summed E-state index contributed by atoms with van der Waals surface area (Å²) in [5.41, 5.74) is 3.74. The van der Waals surface area contributed by atoms with Gasteiger partial charge in [-0.2, -0.15) is 0 Å². The predicted molar refractivity (Wildman–Crippen MR) is 123 cm³/mol. The number of nitrogens with zero attached hydrogens (tertiary/aromatic N) is 6. The quantitative estimate of drug-likeness (QED) is 0.404. The number of rotatable bonds is 5. The smallest absolute Gasteiger partial charge is 0.218 e. The molecule has 1 N–H and O–H groups in total. The van der Waals surface area contributed by atoms with Gasteiger partial charge in [-0.1, -0.05) is 0 Å². The SMILES string of the molecule is [2H]c1nc(Nc2ccc(Oc3ccc4c(c3)ncn4C)c(C)c2)c2nc(S(C)=O)nc([2H])c2n1. The van der Waals surface area contributed by atoms with Crippen LogP contribution in [0.4, 0.5) is 11.5 Å². The van der Waals surface area contributed by atoms with Crippen LogP contribution in [0.5, 0.6) is 11.5 Å². The summed E-state index contributed by atoms with van der Waals surface area (Å²) in [6, 6.07) is 11.2. The highest BCUT2D eigenvalue weighted by molar-refractivity contribution is 7.84. The zero-order valence-corrected chi connectivity index (χ0v) is 18.3. The molecule has 0 saturated heterocycles. The molecule has 0 fully saturated rings. The van der Waals surface area contributed by atoms with Gasteiger partial charge in [-0.15, -0.1) is 0 Å². The minimum atomic E-state index is -1.48. The van der Waals surface area contributed by atoms with Crippen LogP contribution in [-0.2, 0) is 17.8 Å². The van der Waals surface area contributed by atoms with Crippen LogP contribution < -0.4 is 10.1 Å². The molecule has 5 aromatic rings. The highest BCUT2D eigenvalue weighted by Crippen LogP contribution is 2.30. The van der Waals surface area contributed by atoms with Crippen molar-refractivity contribution in [2.24, 2.45) is 7.05 Å². The molecule has 0 aliphatic rings. The summed E-state index contributed by atoms with van der Waals surface area (Å²) < 4.78 is 35.9. The lowest BCUT2D eigenvalue weighted by molar-refractivity contribution is 0.479. The number of ether oxygens (including phenoxy) is 1. The molecule has 0 saturated carbocycles. The van der Waals surface area contributed by atoms with Crippen LogP contribution in [0.2, 0.25) is 0 Å². The summed E-state index contributed by atoms with van der Waals surface area (Å²) in [5.74, 6) is 1.58. The third-order valence-electron chi connectivity index (χ3n) is 4.86. The van der Waals surface area contributed by atoms with E-state index in [1.807, 2.05) is 48.9 Å². The molecule has 2 aromatic carbocycles. The molecule has 10 heteroatoms. The van der Waals surface area contributed by atoms with E-state index in [0.717, 1.165) is 16.6 Å². The second-order valence-corrected chi connectivity index (χ2v) is 8.43. The Balaban J connectivity index is 1.46. The third-order valence-corrected chi connectivity index (χ3v) is 5.55. The van der Waals surface area contributed by atoms with Gasteiger partial charge in [0.15, 0.2) is 5.82 Å². The van der Waals surface area contributed by atoms with Crippen LogP contribution in [0, 0.1) is 6.92 Å². The predicted octanol–water partition coefficient (Wildman–Crippen LogP) is 3.89. The molecule has 0 bridgehead atoms. The lowest BCUT2D eigenvalue weighted by Crippen LogP contribution is -2.02. The molecule has 0 radical (unpaired) electrons. The van der Waals surface area contributed by atoms with Gasteiger partial charge in [0.1, 0.15) is 30.2 Å².